The SMILES string of the molecule is CNc1ccc(C)cc1C(=O)Nc1ccnc(C)c1. The molecule has 1 heterocycles. The van der Waals surface area contributed by atoms with Gasteiger partial charge in [-0.3, -0.25) is 9.78 Å². The first-order chi connectivity index (χ1) is 9.10. The first kappa shape index (κ1) is 13.1. The zero-order chi connectivity index (χ0) is 13.8. The Morgan fingerprint density at radius 2 is 1.95 bits per heavy atom. The van der Waals surface area contributed by atoms with Crippen LogP contribution in [-0.2, 0) is 0 Å². The lowest BCUT2D eigenvalue weighted by Gasteiger charge is -2.11. The van der Waals surface area contributed by atoms with E-state index in [1.165, 1.54) is 0 Å². The van der Waals surface area contributed by atoms with Crippen molar-refractivity contribution in [3.63, 3.8) is 0 Å². The highest BCUT2D eigenvalue weighted by atomic mass is 16.1. The van der Waals surface area contributed by atoms with Gasteiger partial charge in [0.2, 0.25) is 0 Å². The van der Waals surface area contributed by atoms with Crippen LogP contribution in [0, 0.1) is 13.8 Å². The lowest BCUT2D eigenvalue weighted by Crippen LogP contribution is -2.14. The first-order valence-electron chi connectivity index (χ1n) is 6.12. The third-order valence-corrected chi connectivity index (χ3v) is 2.84. The summed E-state index contributed by atoms with van der Waals surface area (Å²) >= 11 is 0. The molecule has 1 amide bonds. The molecule has 19 heavy (non-hydrogen) atoms. The van der Waals surface area contributed by atoms with Crippen LogP contribution in [0.25, 0.3) is 0 Å². The van der Waals surface area contributed by atoms with E-state index in [2.05, 4.69) is 15.6 Å². The fourth-order valence-electron chi connectivity index (χ4n) is 1.89. The summed E-state index contributed by atoms with van der Waals surface area (Å²) in [5.74, 6) is -0.126. The Morgan fingerprint density at radius 3 is 2.63 bits per heavy atom. The standard InChI is InChI=1S/C15H17N3O/c1-10-4-5-14(16-3)13(8-10)15(19)18-12-6-7-17-11(2)9-12/h4-9,16H,1-3H3,(H,17,18,19). The molecule has 0 fully saturated rings. The number of amides is 1. The molecule has 0 bridgehead atoms. The predicted octanol–water partition coefficient (Wildman–Crippen LogP) is 2.99. The molecular weight excluding hydrogens is 238 g/mol. The van der Waals surface area contributed by atoms with E-state index < -0.39 is 0 Å². The smallest absolute Gasteiger partial charge is 0.257 e. The molecule has 2 aromatic rings. The number of anilines is 2. The van der Waals surface area contributed by atoms with Crippen molar-refractivity contribution in [1.82, 2.24) is 4.98 Å². The Balaban J connectivity index is 2.27. The number of carbonyl (C=O) groups is 1. The summed E-state index contributed by atoms with van der Waals surface area (Å²) < 4.78 is 0. The predicted molar refractivity (Wildman–Crippen MR) is 77.7 cm³/mol. The van der Waals surface area contributed by atoms with Crippen molar-refractivity contribution >= 4 is 17.3 Å². The van der Waals surface area contributed by atoms with Gasteiger partial charge in [0.25, 0.3) is 5.91 Å². The van der Waals surface area contributed by atoms with Gasteiger partial charge in [0.1, 0.15) is 0 Å². The number of hydrogen-bond acceptors (Lipinski definition) is 3. The number of rotatable bonds is 3. The van der Waals surface area contributed by atoms with E-state index >= 15 is 0 Å². The molecule has 0 atom stereocenters. The molecule has 0 saturated heterocycles. The van der Waals surface area contributed by atoms with Gasteiger partial charge in [-0.1, -0.05) is 11.6 Å². The van der Waals surface area contributed by atoms with Gasteiger partial charge >= 0.3 is 0 Å². The summed E-state index contributed by atoms with van der Waals surface area (Å²) in [5.41, 5.74) is 4.12. The minimum absolute atomic E-state index is 0.126. The molecule has 2 N–H and O–H groups in total. The van der Waals surface area contributed by atoms with Crippen LogP contribution in [-0.4, -0.2) is 17.9 Å². The molecule has 0 spiro atoms. The number of pyridine rings is 1. The highest BCUT2D eigenvalue weighted by Crippen LogP contribution is 2.18. The second-order valence-electron chi connectivity index (χ2n) is 4.44. The second-order valence-corrected chi connectivity index (χ2v) is 4.44. The van der Waals surface area contributed by atoms with E-state index in [0.29, 0.717) is 5.56 Å². The van der Waals surface area contributed by atoms with E-state index in [-0.39, 0.29) is 5.91 Å². The van der Waals surface area contributed by atoms with Gasteiger partial charge in [-0.25, -0.2) is 0 Å². The number of aromatic nitrogens is 1. The average Bonchev–Trinajstić information content (AvgIpc) is 2.38. The van der Waals surface area contributed by atoms with Gasteiger partial charge in [0.05, 0.1) is 5.56 Å². The lowest BCUT2D eigenvalue weighted by molar-refractivity contribution is 0.102. The van der Waals surface area contributed by atoms with Gasteiger partial charge < -0.3 is 10.6 Å². The number of benzene rings is 1. The highest BCUT2D eigenvalue weighted by molar-refractivity contribution is 6.08. The van der Waals surface area contributed by atoms with Gasteiger partial charge in [0.15, 0.2) is 0 Å². The van der Waals surface area contributed by atoms with Crippen LogP contribution in [0.4, 0.5) is 11.4 Å². The van der Waals surface area contributed by atoms with Crippen molar-refractivity contribution in [3.8, 4) is 0 Å². The monoisotopic (exact) mass is 255 g/mol. The third-order valence-electron chi connectivity index (χ3n) is 2.84. The van der Waals surface area contributed by atoms with Gasteiger partial charge in [-0.2, -0.15) is 0 Å². The summed E-state index contributed by atoms with van der Waals surface area (Å²) in [5, 5.41) is 5.91. The summed E-state index contributed by atoms with van der Waals surface area (Å²) in [6.07, 6.45) is 1.68. The van der Waals surface area contributed by atoms with Crippen molar-refractivity contribution < 1.29 is 4.79 Å². The minimum Gasteiger partial charge on any atom is -0.387 e. The molecular formula is C15H17N3O. The van der Waals surface area contributed by atoms with Crippen LogP contribution in [0.15, 0.2) is 36.5 Å². The van der Waals surface area contributed by atoms with Crippen LogP contribution in [0.5, 0.6) is 0 Å². The lowest BCUT2D eigenvalue weighted by atomic mass is 10.1. The van der Waals surface area contributed by atoms with Crippen molar-refractivity contribution in [2.45, 2.75) is 13.8 Å². The summed E-state index contributed by atoms with van der Waals surface area (Å²) in [7, 11) is 1.80. The number of carbonyl (C=O) groups excluding carboxylic acids is 1. The maximum absolute atomic E-state index is 12.3. The minimum atomic E-state index is -0.126. The Morgan fingerprint density at radius 1 is 1.16 bits per heavy atom. The zero-order valence-electron chi connectivity index (χ0n) is 11.3. The number of aryl methyl sites for hydroxylation is 2. The summed E-state index contributed by atoms with van der Waals surface area (Å²) in [6, 6.07) is 9.36. The average molecular weight is 255 g/mol. The molecule has 0 aliphatic rings. The molecule has 2 rings (SSSR count). The van der Waals surface area contributed by atoms with Crippen LogP contribution < -0.4 is 10.6 Å². The molecule has 0 radical (unpaired) electrons. The maximum atomic E-state index is 12.3. The van der Waals surface area contributed by atoms with E-state index in [1.54, 1.807) is 19.3 Å². The summed E-state index contributed by atoms with van der Waals surface area (Å²) in [6.45, 7) is 3.86. The van der Waals surface area contributed by atoms with Crippen molar-refractivity contribution in [2.75, 3.05) is 17.7 Å². The van der Waals surface area contributed by atoms with E-state index in [4.69, 9.17) is 0 Å². The molecule has 1 aromatic heterocycles. The van der Waals surface area contributed by atoms with Crippen molar-refractivity contribution in [1.29, 1.82) is 0 Å². The van der Waals surface area contributed by atoms with Crippen molar-refractivity contribution in [3.05, 3.63) is 53.3 Å². The number of hydrogen-bond donors (Lipinski definition) is 2. The Kier molecular flexibility index (Phi) is 3.80. The fraction of sp³-hybridized carbons (Fsp3) is 0.200. The molecule has 4 nitrogen and oxygen atoms in total. The third kappa shape index (κ3) is 3.10. The Labute approximate surface area is 112 Å². The quantitative estimate of drug-likeness (QED) is 0.886. The van der Waals surface area contributed by atoms with Crippen molar-refractivity contribution in [2.24, 2.45) is 0 Å². The van der Waals surface area contributed by atoms with Crippen LogP contribution in [0.1, 0.15) is 21.6 Å². The molecule has 4 heteroatoms. The van der Waals surface area contributed by atoms with Crippen LogP contribution >= 0.6 is 0 Å². The Bertz CT molecular complexity index is 608. The van der Waals surface area contributed by atoms with Crippen LogP contribution in [0.3, 0.4) is 0 Å². The maximum Gasteiger partial charge on any atom is 0.257 e. The van der Waals surface area contributed by atoms with Gasteiger partial charge in [0, 0.05) is 30.3 Å². The zero-order valence-corrected chi connectivity index (χ0v) is 11.3. The molecule has 0 saturated carbocycles. The van der Waals surface area contributed by atoms with Gasteiger partial charge in [-0.15, -0.1) is 0 Å². The fourth-order valence-corrected chi connectivity index (χ4v) is 1.89. The molecule has 1 aromatic carbocycles. The number of nitrogens with zero attached hydrogens (tertiary/aromatic N) is 1. The largest absolute Gasteiger partial charge is 0.387 e. The number of nitrogens with one attached hydrogen (secondary N) is 2. The molecule has 0 aliphatic heterocycles. The van der Waals surface area contributed by atoms with E-state index in [0.717, 1.165) is 22.6 Å². The van der Waals surface area contributed by atoms with Gasteiger partial charge in [-0.05, 0) is 38.1 Å². The molecule has 0 aliphatic carbocycles. The molecule has 98 valence electrons. The highest BCUT2D eigenvalue weighted by Gasteiger charge is 2.11. The first-order valence-corrected chi connectivity index (χ1v) is 6.12. The molecule has 0 unspecified atom stereocenters. The normalized spacial score (nSPS) is 10.1. The Hall–Kier alpha value is -2.36. The topological polar surface area (TPSA) is 54.0 Å². The summed E-state index contributed by atoms with van der Waals surface area (Å²) in [4.78, 5) is 16.4. The van der Waals surface area contributed by atoms with E-state index in [1.807, 2.05) is 38.1 Å². The second kappa shape index (κ2) is 5.52. The van der Waals surface area contributed by atoms with Crippen LogP contribution in [0.2, 0.25) is 0 Å². The van der Waals surface area contributed by atoms with E-state index in [9.17, 15) is 4.79 Å².